The van der Waals surface area contributed by atoms with E-state index < -0.39 is 0 Å². The Balaban J connectivity index is 2.32. The predicted molar refractivity (Wildman–Crippen MR) is 90.7 cm³/mol. The molecule has 100 valence electrons. The number of hydrogen-bond donors (Lipinski definition) is 1. The van der Waals surface area contributed by atoms with Crippen LogP contribution in [0.3, 0.4) is 0 Å². The summed E-state index contributed by atoms with van der Waals surface area (Å²) in [6.45, 7) is 2.00. The van der Waals surface area contributed by atoms with Crippen molar-refractivity contribution in [2.45, 2.75) is 19.4 Å². The molecule has 2 N–H and O–H groups in total. The van der Waals surface area contributed by atoms with Crippen molar-refractivity contribution >= 4 is 38.5 Å². The summed E-state index contributed by atoms with van der Waals surface area (Å²) >= 11 is 5.76. The number of rotatable bonds is 4. The lowest BCUT2D eigenvalue weighted by Crippen LogP contribution is -2.18. The van der Waals surface area contributed by atoms with Gasteiger partial charge in [-0.15, -0.1) is 0 Å². The highest BCUT2D eigenvalue weighted by molar-refractivity contribution is 14.1. The van der Waals surface area contributed by atoms with Crippen LogP contribution < -0.4 is 10.5 Å². The van der Waals surface area contributed by atoms with E-state index in [0.717, 1.165) is 31.5 Å². The van der Waals surface area contributed by atoms with Gasteiger partial charge in [0.1, 0.15) is 11.5 Å². The number of ether oxygens (including phenoxy) is 1. The Hall–Kier alpha value is -0.590. The fourth-order valence-corrected chi connectivity index (χ4v) is 2.71. The van der Waals surface area contributed by atoms with Crippen molar-refractivity contribution in [2.24, 2.45) is 5.73 Å². The van der Waals surface area contributed by atoms with Crippen molar-refractivity contribution in [3.63, 3.8) is 0 Å². The molecule has 0 aromatic heterocycles. The monoisotopic (exact) mass is 431 g/mol. The molecule has 4 heteroatoms. The summed E-state index contributed by atoms with van der Waals surface area (Å²) in [5.74, 6) is 1.74. The Kier molecular flexibility index (Phi) is 5.24. The first-order valence-electron chi connectivity index (χ1n) is 6.02. The summed E-state index contributed by atoms with van der Waals surface area (Å²) in [6, 6.07) is 14.1. The van der Waals surface area contributed by atoms with Crippen LogP contribution in [-0.4, -0.2) is 6.04 Å². The molecule has 0 heterocycles. The number of para-hydroxylation sites is 1. The molecular weight excluding hydrogens is 417 g/mol. The van der Waals surface area contributed by atoms with Gasteiger partial charge in [-0.05, 0) is 71.8 Å². The van der Waals surface area contributed by atoms with Gasteiger partial charge in [-0.2, -0.15) is 0 Å². The third-order valence-electron chi connectivity index (χ3n) is 2.62. The quantitative estimate of drug-likeness (QED) is 0.710. The molecule has 0 spiro atoms. The van der Waals surface area contributed by atoms with E-state index in [4.69, 9.17) is 10.5 Å². The van der Waals surface area contributed by atoms with E-state index in [1.807, 2.05) is 43.3 Å². The van der Waals surface area contributed by atoms with Gasteiger partial charge in [0.15, 0.2) is 0 Å². The van der Waals surface area contributed by atoms with E-state index in [9.17, 15) is 0 Å². The summed E-state index contributed by atoms with van der Waals surface area (Å²) in [4.78, 5) is 0. The van der Waals surface area contributed by atoms with Gasteiger partial charge in [0.2, 0.25) is 0 Å². The van der Waals surface area contributed by atoms with Crippen LogP contribution in [0.2, 0.25) is 0 Å². The van der Waals surface area contributed by atoms with Gasteiger partial charge in [-0.25, -0.2) is 0 Å². The van der Waals surface area contributed by atoms with Crippen molar-refractivity contribution in [3.8, 4) is 11.5 Å². The molecule has 2 rings (SSSR count). The zero-order chi connectivity index (χ0) is 13.8. The number of hydrogen-bond acceptors (Lipinski definition) is 2. The average molecular weight is 432 g/mol. The van der Waals surface area contributed by atoms with Gasteiger partial charge in [0.25, 0.3) is 0 Å². The van der Waals surface area contributed by atoms with Gasteiger partial charge >= 0.3 is 0 Å². The van der Waals surface area contributed by atoms with Crippen LogP contribution in [0.25, 0.3) is 0 Å². The van der Waals surface area contributed by atoms with E-state index in [2.05, 4.69) is 44.6 Å². The molecule has 0 aliphatic rings. The zero-order valence-corrected chi connectivity index (χ0v) is 14.3. The minimum Gasteiger partial charge on any atom is -0.456 e. The summed E-state index contributed by atoms with van der Waals surface area (Å²) in [5, 5.41) is 0. The average Bonchev–Trinajstić information content (AvgIpc) is 2.34. The molecule has 1 atom stereocenters. The van der Waals surface area contributed by atoms with E-state index in [1.165, 1.54) is 0 Å². The third kappa shape index (κ3) is 4.19. The summed E-state index contributed by atoms with van der Waals surface area (Å²) in [6.07, 6.45) is 0.790. The van der Waals surface area contributed by atoms with Crippen LogP contribution in [0, 0.1) is 3.57 Å². The lowest BCUT2D eigenvalue weighted by Gasteiger charge is -2.14. The van der Waals surface area contributed by atoms with Crippen LogP contribution >= 0.6 is 38.5 Å². The lowest BCUT2D eigenvalue weighted by molar-refractivity contribution is 0.470. The fraction of sp³-hybridized carbons (Fsp3) is 0.200. The Morgan fingerprint density at radius 1 is 1.21 bits per heavy atom. The van der Waals surface area contributed by atoms with Gasteiger partial charge in [0.05, 0.1) is 3.57 Å². The van der Waals surface area contributed by atoms with Crippen LogP contribution in [0.5, 0.6) is 11.5 Å². The van der Waals surface area contributed by atoms with Crippen LogP contribution in [-0.2, 0) is 6.42 Å². The Bertz CT molecular complexity index is 572. The maximum atomic E-state index is 6.01. The van der Waals surface area contributed by atoms with E-state index in [1.54, 1.807) is 0 Å². The molecule has 2 aromatic carbocycles. The Labute approximate surface area is 135 Å². The number of nitrogens with two attached hydrogens (primary N) is 1. The van der Waals surface area contributed by atoms with Crippen molar-refractivity contribution in [1.29, 1.82) is 0 Å². The number of benzene rings is 2. The van der Waals surface area contributed by atoms with Gasteiger partial charge in [-0.3, -0.25) is 0 Å². The maximum Gasteiger partial charge on any atom is 0.140 e. The highest BCUT2D eigenvalue weighted by Crippen LogP contribution is 2.31. The molecule has 0 aliphatic carbocycles. The molecule has 2 nitrogen and oxygen atoms in total. The molecule has 0 saturated carbocycles. The summed E-state index contributed by atoms with van der Waals surface area (Å²) in [5.41, 5.74) is 7.01. The smallest absolute Gasteiger partial charge is 0.140 e. The topological polar surface area (TPSA) is 35.2 Å². The van der Waals surface area contributed by atoms with E-state index in [0.29, 0.717) is 0 Å². The first kappa shape index (κ1) is 14.8. The summed E-state index contributed by atoms with van der Waals surface area (Å²) in [7, 11) is 0. The molecule has 0 fully saturated rings. The van der Waals surface area contributed by atoms with Crippen LogP contribution in [0.15, 0.2) is 46.9 Å². The molecule has 2 aromatic rings. The SMILES string of the molecule is CC(N)Cc1cc(Br)ccc1Oc1ccccc1I. The molecule has 19 heavy (non-hydrogen) atoms. The molecule has 1 unspecified atom stereocenters. The molecule has 0 radical (unpaired) electrons. The molecular formula is C15H15BrINO. The molecule has 0 aliphatic heterocycles. The van der Waals surface area contributed by atoms with Crippen molar-refractivity contribution in [2.75, 3.05) is 0 Å². The second-order valence-electron chi connectivity index (χ2n) is 4.47. The second-order valence-corrected chi connectivity index (χ2v) is 6.54. The zero-order valence-electron chi connectivity index (χ0n) is 10.6. The first-order valence-corrected chi connectivity index (χ1v) is 7.90. The van der Waals surface area contributed by atoms with Crippen molar-refractivity contribution < 1.29 is 4.74 Å². The normalized spacial score (nSPS) is 12.2. The van der Waals surface area contributed by atoms with E-state index in [-0.39, 0.29) is 6.04 Å². The first-order chi connectivity index (χ1) is 9.06. The highest BCUT2D eigenvalue weighted by Gasteiger charge is 2.09. The minimum absolute atomic E-state index is 0.103. The minimum atomic E-state index is 0.103. The largest absolute Gasteiger partial charge is 0.456 e. The van der Waals surface area contributed by atoms with Gasteiger partial charge in [-0.1, -0.05) is 28.1 Å². The standard InChI is InChI=1S/C15H15BrINO/c1-10(18)8-11-9-12(16)6-7-14(11)19-15-5-3-2-4-13(15)17/h2-7,9-10H,8,18H2,1H3. The predicted octanol–water partition coefficient (Wildman–Crippen LogP) is 4.74. The van der Waals surface area contributed by atoms with Gasteiger partial charge < -0.3 is 10.5 Å². The Morgan fingerprint density at radius 2 is 1.95 bits per heavy atom. The Morgan fingerprint density at radius 3 is 2.63 bits per heavy atom. The van der Waals surface area contributed by atoms with Crippen LogP contribution in [0.4, 0.5) is 0 Å². The molecule has 0 bridgehead atoms. The van der Waals surface area contributed by atoms with Crippen molar-refractivity contribution in [3.05, 3.63) is 56.1 Å². The molecule has 0 amide bonds. The third-order valence-corrected chi connectivity index (χ3v) is 4.01. The van der Waals surface area contributed by atoms with Crippen molar-refractivity contribution in [1.82, 2.24) is 0 Å². The fourth-order valence-electron chi connectivity index (χ4n) is 1.80. The van der Waals surface area contributed by atoms with Crippen LogP contribution in [0.1, 0.15) is 12.5 Å². The number of halogens is 2. The molecule has 0 saturated heterocycles. The lowest BCUT2D eigenvalue weighted by atomic mass is 10.1. The van der Waals surface area contributed by atoms with Gasteiger partial charge in [0, 0.05) is 10.5 Å². The maximum absolute atomic E-state index is 6.01. The highest BCUT2D eigenvalue weighted by atomic mass is 127. The van der Waals surface area contributed by atoms with E-state index >= 15 is 0 Å². The summed E-state index contributed by atoms with van der Waals surface area (Å²) < 4.78 is 8.14. The second kappa shape index (κ2) is 6.72.